The van der Waals surface area contributed by atoms with Gasteiger partial charge in [0, 0.05) is 6.92 Å². The number of anilines is 1. The number of carbonyl (C=O) groups excluding carboxylic acids is 1. The SMILES string of the molecule is CC(=O)NNc1ccc(CO)cc1. The van der Waals surface area contributed by atoms with Gasteiger partial charge in [-0.1, -0.05) is 12.1 Å². The molecule has 0 fully saturated rings. The normalized spacial score (nSPS) is 9.38. The van der Waals surface area contributed by atoms with Crippen molar-refractivity contribution >= 4 is 11.6 Å². The van der Waals surface area contributed by atoms with Gasteiger partial charge in [0.05, 0.1) is 12.3 Å². The monoisotopic (exact) mass is 180 g/mol. The first-order valence-electron chi connectivity index (χ1n) is 3.95. The van der Waals surface area contributed by atoms with Crippen molar-refractivity contribution in [2.75, 3.05) is 5.43 Å². The molecule has 0 aliphatic carbocycles. The summed E-state index contributed by atoms with van der Waals surface area (Å²) in [5.41, 5.74) is 6.79. The van der Waals surface area contributed by atoms with E-state index in [-0.39, 0.29) is 12.5 Å². The number of hydrazine groups is 1. The third-order valence-electron chi connectivity index (χ3n) is 1.52. The topological polar surface area (TPSA) is 61.4 Å². The molecular formula is C9H12N2O2. The van der Waals surface area contributed by atoms with Crippen LogP contribution in [0.5, 0.6) is 0 Å². The molecule has 0 unspecified atom stereocenters. The number of amides is 1. The summed E-state index contributed by atoms with van der Waals surface area (Å²) in [6, 6.07) is 7.12. The number of benzene rings is 1. The molecule has 0 aromatic heterocycles. The van der Waals surface area contributed by atoms with E-state index in [9.17, 15) is 4.79 Å². The molecule has 0 heterocycles. The summed E-state index contributed by atoms with van der Waals surface area (Å²) in [6.45, 7) is 1.45. The number of nitrogens with one attached hydrogen (secondary N) is 2. The molecule has 1 aromatic carbocycles. The summed E-state index contributed by atoms with van der Waals surface area (Å²) < 4.78 is 0. The number of rotatable bonds is 3. The maximum atomic E-state index is 10.5. The maximum Gasteiger partial charge on any atom is 0.235 e. The largest absolute Gasteiger partial charge is 0.392 e. The van der Waals surface area contributed by atoms with Crippen molar-refractivity contribution in [1.82, 2.24) is 5.43 Å². The summed E-state index contributed by atoms with van der Waals surface area (Å²) in [5.74, 6) is -0.147. The summed E-state index contributed by atoms with van der Waals surface area (Å²) in [7, 11) is 0. The second kappa shape index (κ2) is 4.47. The van der Waals surface area contributed by atoms with Gasteiger partial charge in [-0.3, -0.25) is 15.6 Å². The zero-order valence-corrected chi connectivity index (χ0v) is 7.37. The Hall–Kier alpha value is -1.55. The van der Waals surface area contributed by atoms with Crippen LogP contribution in [0.1, 0.15) is 12.5 Å². The van der Waals surface area contributed by atoms with Crippen molar-refractivity contribution in [3.8, 4) is 0 Å². The Morgan fingerprint density at radius 3 is 2.46 bits per heavy atom. The van der Waals surface area contributed by atoms with Crippen LogP contribution in [0.25, 0.3) is 0 Å². The van der Waals surface area contributed by atoms with Crippen LogP contribution in [-0.4, -0.2) is 11.0 Å². The quantitative estimate of drug-likeness (QED) is 0.598. The van der Waals surface area contributed by atoms with Gasteiger partial charge in [-0.25, -0.2) is 0 Å². The van der Waals surface area contributed by atoms with Gasteiger partial charge < -0.3 is 5.11 Å². The van der Waals surface area contributed by atoms with Gasteiger partial charge in [0.1, 0.15) is 0 Å². The van der Waals surface area contributed by atoms with Gasteiger partial charge in [0.2, 0.25) is 5.91 Å². The first kappa shape index (κ1) is 9.54. The Kier molecular flexibility index (Phi) is 3.28. The smallest absolute Gasteiger partial charge is 0.235 e. The lowest BCUT2D eigenvalue weighted by atomic mass is 10.2. The van der Waals surface area contributed by atoms with Crippen LogP contribution in [0.15, 0.2) is 24.3 Å². The minimum absolute atomic E-state index is 0.0282. The second-order valence-corrected chi connectivity index (χ2v) is 2.66. The van der Waals surface area contributed by atoms with E-state index in [4.69, 9.17) is 5.11 Å². The first-order chi connectivity index (χ1) is 6.22. The molecule has 1 rings (SSSR count). The molecule has 0 spiro atoms. The molecule has 0 atom stereocenters. The Labute approximate surface area is 76.6 Å². The van der Waals surface area contributed by atoms with Crippen LogP contribution in [0, 0.1) is 0 Å². The fraction of sp³-hybridized carbons (Fsp3) is 0.222. The molecular weight excluding hydrogens is 168 g/mol. The standard InChI is InChI=1S/C9H12N2O2/c1-7(13)10-11-9-4-2-8(6-12)3-5-9/h2-5,11-12H,6H2,1H3,(H,10,13). The molecule has 0 bridgehead atoms. The van der Waals surface area contributed by atoms with Crippen LogP contribution in [0.2, 0.25) is 0 Å². The molecule has 0 radical (unpaired) electrons. The molecule has 0 saturated heterocycles. The highest BCUT2D eigenvalue weighted by atomic mass is 16.3. The van der Waals surface area contributed by atoms with E-state index in [0.717, 1.165) is 11.3 Å². The van der Waals surface area contributed by atoms with E-state index >= 15 is 0 Å². The fourth-order valence-electron chi connectivity index (χ4n) is 0.854. The number of carbonyl (C=O) groups is 1. The Morgan fingerprint density at radius 2 is 2.00 bits per heavy atom. The first-order valence-corrected chi connectivity index (χ1v) is 3.95. The lowest BCUT2D eigenvalue weighted by Gasteiger charge is -2.06. The Bertz CT molecular complexity index is 282. The van der Waals surface area contributed by atoms with Crippen LogP contribution in [0.3, 0.4) is 0 Å². The van der Waals surface area contributed by atoms with Crippen LogP contribution in [0.4, 0.5) is 5.69 Å². The van der Waals surface area contributed by atoms with Crippen LogP contribution < -0.4 is 10.9 Å². The predicted octanol–water partition coefficient (Wildman–Crippen LogP) is 0.642. The van der Waals surface area contributed by atoms with Crippen LogP contribution in [-0.2, 0) is 11.4 Å². The molecule has 4 heteroatoms. The van der Waals surface area contributed by atoms with Crippen molar-refractivity contribution < 1.29 is 9.90 Å². The highest BCUT2D eigenvalue weighted by molar-refractivity contribution is 5.74. The minimum atomic E-state index is -0.147. The Morgan fingerprint density at radius 1 is 1.38 bits per heavy atom. The van der Waals surface area contributed by atoms with Gasteiger partial charge in [-0.2, -0.15) is 0 Å². The van der Waals surface area contributed by atoms with Crippen molar-refractivity contribution in [2.24, 2.45) is 0 Å². The van der Waals surface area contributed by atoms with E-state index in [2.05, 4.69) is 10.9 Å². The predicted molar refractivity (Wildman–Crippen MR) is 49.8 cm³/mol. The molecule has 3 N–H and O–H groups in total. The van der Waals surface area contributed by atoms with E-state index < -0.39 is 0 Å². The fourth-order valence-corrected chi connectivity index (χ4v) is 0.854. The summed E-state index contributed by atoms with van der Waals surface area (Å²) in [5, 5.41) is 8.76. The van der Waals surface area contributed by atoms with Crippen LogP contribution >= 0.6 is 0 Å². The lowest BCUT2D eigenvalue weighted by Crippen LogP contribution is -2.26. The van der Waals surface area contributed by atoms with Gasteiger partial charge in [0.25, 0.3) is 0 Å². The van der Waals surface area contributed by atoms with E-state index in [0.29, 0.717) is 0 Å². The van der Waals surface area contributed by atoms with Crippen molar-refractivity contribution in [2.45, 2.75) is 13.5 Å². The molecule has 4 nitrogen and oxygen atoms in total. The average Bonchev–Trinajstić information content (AvgIpc) is 2.15. The van der Waals surface area contributed by atoms with Gasteiger partial charge in [-0.05, 0) is 17.7 Å². The second-order valence-electron chi connectivity index (χ2n) is 2.66. The van der Waals surface area contributed by atoms with E-state index in [1.165, 1.54) is 6.92 Å². The zero-order chi connectivity index (χ0) is 9.68. The summed E-state index contributed by atoms with van der Waals surface area (Å²) in [6.07, 6.45) is 0. The molecule has 1 amide bonds. The minimum Gasteiger partial charge on any atom is -0.392 e. The molecule has 0 aliphatic heterocycles. The zero-order valence-electron chi connectivity index (χ0n) is 7.37. The third kappa shape index (κ3) is 3.13. The molecule has 70 valence electrons. The van der Waals surface area contributed by atoms with Crippen molar-refractivity contribution in [3.63, 3.8) is 0 Å². The van der Waals surface area contributed by atoms with Crippen molar-refractivity contribution in [1.29, 1.82) is 0 Å². The molecule has 13 heavy (non-hydrogen) atoms. The summed E-state index contributed by atoms with van der Waals surface area (Å²) in [4.78, 5) is 10.5. The Balaban J connectivity index is 2.54. The average molecular weight is 180 g/mol. The maximum absolute atomic E-state index is 10.5. The molecule has 1 aromatic rings. The van der Waals surface area contributed by atoms with E-state index in [1.807, 2.05) is 0 Å². The summed E-state index contributed by atoms with van der Waals surface area (Å²) >= 11 is 0. The molecule has 0 saturated carbocycles. The van der Waals surface area contributed by atoms with Gasteiger partial charge in [-0.15, -0.1) is 0 Å². The number of hydrogen-bond acceptors (Lipinski definition) is 3. The number of aliphatic hydroxyl groups excluding tert-OH is 1. The third-order valence-corrected chi connectivity index (χ3v) is 1.52. The van der Waals surface area contributed by atoms with Gasteiger partial charge >= 0.3 is 0 Å². The van der Waals surface area contributed by atoms with Crippen molar-refractivity contribution in [3.05, 3.63) is 29.8 Å². The molecule has 0 aliphatic rings. The highest BCUT2D eigenvalue weighted by Crippen LogP contribution is 2.07. The number of aliphatic hydroxyl groups is 1. The highest BCUT2D eigenvalue weighted by Gasteiger charge is 1.93. The lowest BCUT2D eigenvalue weighted by molar-refractivity contribution is -0.118. The number of hydrogen-bond donors (Lipinski definition) is 3. The van der Waals surface area contributed by atoms with Gasteiger partial charge in [0.15, 0.2) is 0 Å². The van der Waals surface area contributed by atoms with E-state index in [1.54, 1.807) is 24.3 Å².